The van der Waals surface area contributed by atoms with Crippen LogP contribution in [-0.4, -0.2) is 48.2 Å². The lowest BCUT2D eigenvalue weighted by atomic mass is 10.0. The molecule has 27 heavy (non-hydrogen) atoms. The van der Waals surface area contributed by atoms with E-state index in [2.05, 4.69) is 5.32 Å². The largest absolute Gasteiger partial charge is 0.515 e. The van der Waals surface area contributed by atoms with E-state index >= 15 is 0 Å². The monoisotopic (exact) mass is 424 g/mol. The van der Waals surface area contributed by atoms with Crippen molar-refractivity contribution >= 4 is 49.5 Å². The minimum atomic E-state index is -2.13. The van der Waals surface area contributed by atoms with E-state index in [1.165, 1.54) is 16.7 Å². The van der Waals surface area contributed by atoms with Gasteiger partial charge in [-0.05, 0) is 25.2 Å². The van der Waals surface area contributed by atoms with Crippen LogP contribution in [-0.2, 0) is 25.2 Å². The number of rotatable bonds is 5. The van der Waals surface area contributed by atoms with Gasteiger partial charge >= 0.3 is 5.97 Å². The van der Waals surface area contributed by atoms with Crippen molar-refractivity contribution in [2.45, 2.75) is 37.5 Å². The van der Waals surface area contributed by atoms with Gasteiger partial charge in [0.15, 0.2) is 0 Å². The van der Waals surface area contributed by atoms with Gasteiger partial charge in [-0.2, -0.15) is 0 Å². The number of halogens is 1. The minimum Gasteiger partial charge on any atom is -0.515 e. The Morgan fingerprint density at radius 3 is 2.59 bits per heavy atom. The zero-order valence-electron chi connectivity index (χ0n) is 15.3. The standard InChI is InChI=1S/C18H21ClN2O4SSi/c1-27(2,3)25-18(24)15-12(19)10-26-17-14(16(23)21(15)17)20-13(22)9-11-7-5-4-6-8-11/h4-8,14,17H,9-10H2,1-3H3,(H,20,22)/t14-,17+/m1/s1. The SMILES string of the molecule is C[Si](C)(C)OC(=O)C1=C(Cl)CS[C@H]2[C@H](NC(=O)Cc3ccccc3)C(=O)N12. The Bertz CT molecular complexity index is 809. The molecule has 1 fully saturated rings. The molecule has 0 aromatic heterocycles. The molecule has 2 aliphatic rings. The lowest BCUT2D eigenvalue weighted by Gasteiger charge is -2.49. The van der Waals surface area contributed by atoms with Crippen LogP contribution in [0.3, 0.4) is 0 Å². The molecule has 0 aliphatic carbocycles. The highest BCUT2D eigenvalue weighted by Crippen LogP contribution is 2.41. The Kier molecular flexibility index (Phi) is 5.69. The molecule has 1 N–H and O–H groups in total. The first-order valence-electron chi connectivity index (χ1n) is 8.57. The number of hydrogen-bond donors (Lipinski definition) is 1. The maximum Gasteiger partial charge on any atom is 0.343 e. The number of carbonyl (C=O) groups is 3. The summed E-state index contributed by atoms with van der Waals surface area (Å²) in [6.45, 7) is 5.66. The first-order valence-corrected chi connectivity index (χ1v) is 13.4. The van der Waals surface area contributed by atoms with E-state index in [1.54, 1.807) is 0 Å². The number of nitrogens with zero attached hydrogens (tertiary/aromatic N) is 1. The molecule has 1 aromatic carbocycles. The molecule has 2 aliphatic heterocycles. The van der Waals surface area contributed by atoms with Crippen LogP contribution in [0.1, 0.15) is 5.56 Å². The van der Waals surface area contributed by atoms with E-state index < -0.39 is 20.3 Å². The predicted octanol–water partition coefficient (Wildman–Crippen LogP) is 2.46. The van der Waals surface area contributed by atoms with Crippen LogP contribution < -0.4 is 5.32 Å². The average molecular weight is 425 g/mol. The number of carbonyl (C=O) groups excluding carboxylic acids is 3. The zero-order valence-corrected chi connectivity index (χ0v) is 17.9. The molecule has 3 rings (SSSR count). The predicted molar refractivity (Wildman–Crippen MR) is 107 cm³/mol. The van der Waals surface area contributed by atoms with Crippen molar-refractivity contribution in [2.24, 2.45) is 0 Å². The van der Waals surface area contributed by atoms with Crippen LogP contribution in [0.2, 0.25) is 19.6 Å². The van der Waals surface area contributed by atoms with Crippen molar-refractivity contribution in [3.05, 3.63) is 46.6 Å². The van der Waals surface area contributed by atoms with Gasteiger partial charge in [0.1, 0.15) is 17.1 Å². The fraction of sp³-hybridized carbons (Fsp3) is 0.389. The highest BCUT2D eigenvalue weighted by Gasteiger charge is 2.54. The Hall–Kier alpha value is -1.77. The smallest absolute Gasteiger partial charge is 0.343 e. The van der Waals surface area contributed by atoms with Gasteiger partial charge in [0.2, 0.25) is 14.2 Å². The summed E-state index contributed by atoms with van der Waals surface area (Å²) in [4.78, 5) is 38.8. The van der Waals surface area contributed by atoms with Crippen molar-refractivity contribution in [3.63, 3.8) is 0 Å². The van der Waals surface area contributed by atoms with E-state index in [4.69, 9.17) is 16.0 Å². The van der Waals surface area contributed by atoms with E-state index in [0.717, 1.165) is 5.56 Å². The van der Waals surface area contributed by atoms with E-state index in [9.17, 15) is 14.4 Å². The summed E-state index contributed by atoms with van der Waals surface area (Å²) in [5.74, 6) is -0.732. The normalized spacial score (nSPS) is 22.1. The Morgan fingerprint density at radius 1 is 1.30 bits per heavy atom. The average Bonchev–Trinajstić information content (AvgIpc) is 2.58. The fourth-order valence-electron chi connectivity index (χ4n) is 2.90. The van der Waals surface area contributed by atoms with Crippen molar-refractivity contribution in [2.75, 3.05) is 5.75 Å². The van der Waals surface area contributed by atoms with Gasteiger partial charge in [-0.15, -0.1) is 11.8 Å². The topological polar surface area (TPSA) is 75.7 Å². The molecule has 9 heteroatoms. The third-order valence-electron chi connectivity index (χ3n) is 4.04. The van der Waals surface area contributed by atoms with Crippen molar-refractivity contribution < 1.29 is 18.8 Å². The molecule has 0 saturated carbocycles. The molecule has 2 heterocycles. The van der Waals surface area contributed by atoms with Gasteiger partial charge in [-0.3, -0.25) is 14.5 Å². The molecule has 144 valence electrons. The van der Waals surface area contributed by atoms with Gasteiger partial charge in [0.25, 0.3) is 5.91 Å². The quantitative estimate of drug-likeness (QED) is 0.580. The highest BCUT2D eigenvalue weighted by atomic mass is 35.5. The van der Waals surface area contributed by atoms with Crippen LogP contribution in [0.5, 0.6) is 0 Å². The Balaban J connectivity index is 1.68. The van der Waals surface area contributed by atoms with Crippen LogP contribution in [0, 0.1) is 0 Å². The summed E-state index contributed by atoms with van der Waals surface area (Å²) < 4.78 is 5.51. The van der Waals surface area contributed by atoms with Crippen LogP contribution >= 0.6 is 23.4 Å². The van der Waals surface area contributed by atoms with Crippen LogP contribution in [0.4, 0.5) is 0 Å². The van der Waals surface area contributed by atoms with Gasteiger partial charge in [-0.25, -0.2) is 4.79 Å². The molecule has 6 nitrogen and oxygen atoms in total. The number of thioether (sulfide) groups is 1. The lowest BCUT2D eigenvalue weighted by Crippen LogP contribution is -2.70. The van der Waals surface area contributed by atoms with Crippen molar-refractivity contribution in [1.82, 2.24) is 10.2 Å². The second-order valence-corrected chi connectivity index (χ2v) is 13.4. The maximum atomic E-state index is 12.6. The summed E-state index contributed by atoms with van der Waals surface area (Å²) >= 11 is 7.64. The molecular weight excluding hydrogens is 404 g/mol. The first-order chi connectivity index (χ1) is 12.7. The summed E-state index contributed by atoms with van der Waals surface area (Å²) in [5, 5.41) is 2.74. The number of fused-ring (bicyclic) bond motifs is 1. The molecule has 0 spiro atoms. The van der Waals surface area contributed by atoms with Gasteiger partial charge < -0.3 is 9.74 Å². The third-order valence-corrected chi connectivity index (χ3v) is 6.59. The number of β-lactam (4-membered cyclic amide) rings is 1. The number of hydrogen-bond acceptors (Lipinski definition) is 5. The molecule has 2 amide bonds. The van der Waals surface area contributed by atoms with Crippen molar-refractivity contribution in [1.29, 1.82) is 0 Å². The van der Waals surface area contributed by atoms with E-state index in [1.807, 2.05) is 50.0 Å². The van der Waals surface area contributed by atoms with Crippen LogP contribution in [0.15, 0.2) is 41.1 Å². The number of amides is 2. The fourth-order valence-corrected chi connectivity index (χ4v) is 5.10. The molecule has 0 radical (unpaired) electrons. The van der Waals surface area contributed by atoms with E-state index in [-0.39, 0.29) is 29.3 Å². The Labute approximate surface area is 168 Å². The Morgan fingerprint density at radius 2 is 1.96 bits per heavy atom. The molecule has 1 saturated heterocycles. The van der Waals surface area contributed by atoms with E-state index in [0.29, 0.717) is 10.8 Å². The van der Waals surface area contributed by atoms with Gasteiger partial charge in [0, 0.05) is 5.75 Å². The molecule has 2 atom stereocenters. The van der Waals surface area contributed by atoms with Gasteiger partial charge in [0.05, 0.1) is 11.5 Å². The minimum absolute atomic E-state index is 0.112. The summed E-state index contributed by atoms with van der Waals surface area (Å²) in [6.07, 6.45) is 0.198. The lowest BCUT2D eigenvalue weighted by molar-refractivity contribution is -0.150. The summed E-state index contributed by atoms with van der Waals surface area (Å²) in [5.41, 5.74) is 0.985. The summed E-state index contributed by atoms with van der Waals surface area (Å²) in [6, 6.07) is 8.65. The number of benzene rings is 1. The molecule has 0 bridgehead atoms. The molecular formula is C18H21ClN2O4SSi. The summed E-state index contributed by atoms with van der Waals surface area (Å²) in [7, 11) is -2.13. The van der Waals surface area contributed by atoms with Crippen molar-refractivity contribution in [3.8, 4) is 0 Å². The molecule has 0 unspecified atom stereocenters. The maximum absolute atomic E-state index is 12.6. The number of nitrogens with one attached hydrogen (secondary N) is 1. The highest BCUT2D eigenvalue weighted by molar-refractivity contribution is 8.00. The zero-order chi connectivity index (χ0) is 19.8. The van der Waals surface area contributed by atoms with Gasteiger partial charge in [-0.1, -0.05) is 41.9 Å². The first kappa shape index (κ1) is 20.0. The van der Waals surface area contributed by atoms with Crippen LogP contribution in [0.25, 0.3) is 0 Å². The second kappa shape index (κ2) is 7.69. The second-order valence-electron chi connectivity index (χ2n) is 7.37. The molecule has 1 aromatic rings. The third kappa shape index (κ3) is 4.39.